The molecule has 1 atom stereocenters. The minimum Gasteiger partial charge on any atom is -0.466 e. The second kappa shape index (κ2) is 4.40. The van der Waals surface area contributed by atoms with Crippen LogP contribution >= 0.6 is 0 Å². The van der Waals surface area contributed by atoms with Gasteiger partial charge in [0.05, 0.1) is 0 Å². The van der Waals surface area contributed by atoms with E-state index in [1.807, 2.05) is 20.9 Å². The van der Waals surface area contributed by atoms with Gasteiger partial charge in [-0.3, -0.25) is 0 Å². The monoisotopic (exact) mass is 209 g/mol. The van der Waals surface area contributed by atoms with Crippen molar-refractivity contribution < 1.29 is 4.42 Å². The fraction of sp³-hybridized carbons (Fsp3) is 0.692. The highest BCUT2D eigenvalue weighted by Crippen LogP contribution is 2.31. The van der Waals surface area contributed by atoms with Crippen molar-refractivity contribution in [3.05, 3.63) is 23.2 Å². The number of aryl methyl sites for hydroxylation is 2. The molecule has 1 heterocycles. The van der Waals surface area contributed by atoms with Crippen LogP contribution in [-0.4, -0.2) is 7.05 Å². The maximum atomic E-state index is 5.57. The van der Waals surface area contributed by atoms with Crippen molar-refractivity contribution in [3.63, 3.8) is 0 Å². The van der Waals surface area contributed by atoms with Gasteiger partial charge in [0, 0.05) is 11.6 Å². The van der Waals surface area contributed by atoms with Gasteiger partial charge in [-0.1, -0.05) is 20.8 Å². The lowest BCUT2D eigenvalue weighted by molar-refractivity contribution is 0.318. The van der Waals surface area contributed by atoms with Crippen LogP contribution in [0.2, 0.25) is 0 Å². The molecule has 2 nitrogen and oxygen atoms in total. The van der Waals surface area contributed by atoms with Crippen molar-refractivity contribution in [2.75, 3.05) is 7.05 Å². The fourth-order valence-electron chi connectivity index (χ4n) is 1.98. The number of nitrogens with one attached hydrogen (secondary N) is 1. The predicted octanol–water partition coefficient (Wildman–Crippen LogP) is 3.59. The minimum absolute atomic E-state index is 0.325. The summed E-state index contributed by atoms with van der Waals surface area (Å²) in [5.41, 5.74) is 1.62. The van der Waals surface area contributed by atoms with Crippen molar-refractivity contribution in [2.45, 2.75) is 47.1 Å². The van der Waals surface area contributed by atoms with Crippen LogP contribution in [0.5, 0.6) is 0 Å². The van der Waals surface area contributed by atoms with E-state index in [1.54, 1.807) is 0 Å². The van der Waals surface area contributed by atoms with E-state index < -0.39 is 0 Å². The number of hydrogen-bond donors (Lipinski definition) is 1. The molecule has 86 valence electrons. The van der Waals surface area contributed by atoms with Gasteiger partial charge in [-0.25, -0.2) is 0 Å². The van der Waals surface area contributed by atoms with Crippen molar-refractivity contribution in [1.29, 1.82) is 0 Å². The molecule has 0 bridgehead atoms. The molecule has 0 fully saturated rings. The van der Waals surface area contributed by atoms with Crippen LogP contribution < -0.4 is 5.32 Å². The Morgan fingerprint density at radius 3 is 2.27 bits per heavy atom. The third kappa shape index (κ3) is 3.38. The van der Waals surface area contributed by atoms with Crippen LogP contribution in [0, 0.1) is 19.3 Å². The fourth-order valence-corrected chi connectivity index (χ4v) is 1.98. The van der Waals surface area contributed by atoms with Crippen LogP contribution in [0.25, 0.3) is 0 Å². The molecule has 0 aliphatic carbocycles. The van der Waals surface area contributed by atoms with Gasteiger partial charge in [-0.05, 0) is 38.8 Å². The smallest absolute Gasteiger partial charge is 0.105 e. The first-order valence-electron chi connectivity index (χ1n) is 5.57. The third-order valence-corrected chi connectivity index (χ3v) is 2.62. The molecular formula is C13H23NO. The summed E-state index contributed by atoms with van der Waals surface area (Å²) < 4.78 is 5.57. The topological polar surface area (TPSA) is 25.2 Å². The first kappa shape index (κ1) is 12.3. The lowest BCUT2D eigenvalue weighted by Crippen LogP contribution is -2.22. The van der Waals surface area contributed by atoms with Crippen LogP contribution in [-0.2, 0) is 0 Å². The lowest BCUT2D eigenvalue weighted by atomic mass is 9.85. The molecule has 2 heteroatoms. The van der Waals surface area contributed by atoms with Crippen LogP contribution in [0.15, 0.2) is 10.5 Å². The highest BCUT2D eigenvalue weighted by atomic mass is 16.3. The summed E-state index contributed by atoms with van der Waals surface area (Å²) in [6, 6.07) is 2.53. The maximum Gasteiger partial charge on any atom is 0.105 e. The molecular weight excluding hydrogens is 186 g/mol. The van der Waals surface area contributed by atoms with Crippen molar-refractivity contribution in [3.8, 4) is 0 Å². The zero-order chi connectivity index (χ0) is 11.6. The Morgan fingerprint density at radius 1 is 1.33 bits per heavy atom. The maximum absolute atomic E-state index is 5.57. The van der Waals surface area contributed by atoms with E-state index in [2.05, 4.69) is 32.2 Å². The highest BCUT2D eigenvalue weighted by molar-refractivity contribution is 5.24. The van der Waals surface area contributed by atoms with Gasteiger partial charge in [0.15, 0.2) is 0 Å². The van der Waals surface area contributed by atoms with E-state index in [-0.39, 0.29) is 0 Å². The summed E-state index contributed by atoms with van der Waals surface area (Å²) in [6.07, 6.45) is 1.11. The number of hydrogen-bond acceptors (Lipinski definition) is 2. The number of furan rings is 1. The molecule has 1 unspecified atom stereocenters. The first-order chi connectivity index (χ1) is 6.83. The molecule has 1 aromatic rings. The van der Waals surface area contributed by atoms with E-state index in [1.165, 1.54) is 5.56 Å². The summed E-state index contributed by atoms with van der Waals surface area (Å²) in [6.45, 7) is 10.8. The standard InChI is InChI=1S/C13H23NO/c1-9-7-11(10(2)15-9)12(14-6)8-13(3,4)5/h7,12,14H,8H2,1-6H3. The summed E-state index contributed by atoms with van der Waals surface area (Å²) in [7, 11) is 2.01. The molecule has 0 aromatic carbocycles. The Bertz CT molecular complexity index is 320. The Labute approximate surface area is 93.1 Å². The van der Waals surface area contributed by atoms with E-state index in [0.29, 0.717) is 11.5 Å². The molecule has 0 amide bonds. The average Bonchev–Trinajstić information content (AvgIpc) is 2.39. The Kier molecular flexibility index (Phi) is 3.61. The SMILES string of the molecule is CNC(CC(C)(C)C)c1cc(C)oc1C. The predicted molar refractivity (Wildman–Crippen MR) is 64.1 cm³/mol. The molecule has 1 rings (SSSR count). The average molecular weight is 209 g/mol. The zero-order valence-corrected chi connectivity index (χ0v) is 10.8. The quantitative estimate of drug-likeness (QED) is 0.823. The van der Waals surface area contributed by atoms with Gasteiger partial charge >= 0.3 is 0 Å². The molecule has 0 spiro atoms. The first-order valence-corrected chi connectivity index (χ1v) is 5.57. The molecule has 0 saturated heterocycles. The molecule has 1 aromatic heterocycles. The molecule has 0 radical (unpaired) electrons. The van der Waals surface area contributed by atoms with E-state index in [4.69, 9.17) is 4.42 Å². The molecule has 0 aliphatic rings. The van der Waals surface area contributed by atoms with E-state index >= 15 is 0 Å². The molecule has 1 N–H and O–H groups in total. The Balaban J connectivity index is 2.88. The third-order valence-electron chi connectivity index (χ3n) is 2.62. The van der Waals surface area contributed by atoms with Crippen molar-refractivity contribution in [1.82, 2.24) is 5.32 Å². The highest BCUT2D eigenvalue weighted by Gasteiger charge is 2.21. The van der Waals surface area contributed by atoms with E-state index in [9.17, 15) is 0 Å². The zero-order valence-electron chi connectivity index (χ0n) is 10.8. The van der Waals surface area contributed by atoms with Gasteiger partial charge < -0.3 is 9.73 Å². The van der Waals surface area contributed by atoms with Crippen LogP contribution in [0.3, 0.4) is 0 Å². The van der Waals surface area contributed by atoms with Crippen LogP contribution in [0.4, 0.5) is 0 Å². The van der Waals surface area contributed by atoms with Crippen LogP contribution in [0.1, 0.15) is 50.3 Å². The van der Waals surface area contributed by atoms with E-state index in [0.717, 1.165) is 17.9 Å². The van der Waals surface area contributed by atoms with Gasteiger partial charge in [-0.15, -0.1) is 0 Å². The summed E-state index contributed by atoms with van der Waals surface area (Å²) in [5.74, 6) is 2.03. The molecule has 0 aliphatic heterocycles. The van der Waals surface area contributed by atoms with Gasteiger partial charge in [0.2, 0.25) is 0 Å². The summed E-state index contributed by atoms with van der Waals surface area (Å²) in [5, 5.41) is 3.37. The largest absolute Gasteiger partial charge is 0.466 e. The Morgan fingerprint density at radius 2 is 1.93 bits per heavy atom. The summed E-state index contributed by atoms with van der Waals surface area (Å²) >= 11 is 0. The Hall–Kier alpha value is -0.760. The van der Waals surface area contributed by atoms with Gasteiger partial charge in [-0.2, -0.15) is 0 Å². The van der Waals surface area contributed by atoms with Crippen molar-refractivity contribution >= 4 is 0 Å². The van der Waals surface area contributed by atoms with Gasteiger partial charge in [0.25, 0.3) is 0 Å². The second-order valence-corrected chi connectivity index (χ2v) is 5.47. The normalized spacial score (nSPS) is 14.3. The van der Waals surface area contributed by atoms with Gasteiger partial charge in [0.1, 0.15) is 11.5 Å². The lowest BCUT2D eigenvalue weighted by Gasteiger charge is -2.25. The van der Waals surface area contributed by atoms with Crippen molar-refractivity contribution in [2.24, 2.45) is 5.41 Å². The summed E-state index contributed by atoms with van der Waals surface area (Å²) in [4.78, 5) is 0. The minimum atomic E-state index is 0.325. The molecule has 15 heavy (non-hydrogen) atoms. The molecule has 0 saturated carbocycles. The number of rotatable bonds is 3. The second-order valence-electron chi connectivity index (χ2n) is 5.47.